The molecule has 1 saturated carbocycles. The van der Waals surface area contributed by atoms with Crippen molar-refractivity contribution < 1.29 is 13.2 Å². The van der Waals surface area contributed by atoms with Crippen molar-refractivity contribution in [3.05, 3.63) is 29.3 Å². The normalized spacial score (nSPS) is 14.9. The van der Waals surface area contributed by atoms with Crippen molar-refractivity contribution in [1.29, 1.82) is 0 Å². The summed E-state index contributed by atoms with van der Waals surface area (Å²) in [6.07, 6.45) is 3.55. The maximum atomic E-state index is 12.1. The van der Waals surface area contributed by atoms with Crippen LogP contribution in [0.1, 0.15) is 44.2 Å². The van der Waals surface area contributed by atoms with Crippen LogP contribution in [-0.4, -0.2) is 46.4 Å². The second kappa shape index (κ2) is 12.6. The van der Waals surface area contributed by atoms with E-state index in [0.29, 0.717) is 31.5 Å². The lowest BCUT2D eigenvalue weighted by molar-refractivity contribution is 0.239. The lowest BCUT2D eigenvalue weighted by atomic mass is 9.86. The fourth-order valence-electron chi connectivity index (χ4n) is 2.89. The van der Waals surface area contributed by atoms with Gasteiger partial charge in [0.15, 0.2) is 5.96 Å². The van der Waals surface area contributed by atoms with Gasteiger partial charge in [-0.2, -0.15) is 0 Å². The molecule has 9 heteroatoms. The van der Waals surface area contributed by atoms with Crippen LogP contribution in [0.2, 0.25) is 0 Å². The van der Waals surface area contributed by atoms with E-state index in [-0.39, 0.29) is 35.8 Å². The number of aliphatic imine (C=N–C) groups is 1. The van der Waals surface area contributed by atoms with Crippen LogP contribution >= 0.6 is 24.0 Å². The van der Waals surface area contributed by atoms with Crippen LogP contribution in [0, 0.1) is 12.8 Å². The predicted molar refractivity (Wildman–Crippen MR) is 130 cm³/mol. The van der Waals surface area contributed by atoms with E-state index in [0.717, 1.165) is 29.7 Å². The van der Waals surface area contributed by atoms with Crippen molar-refractivity contribution in [3.8, 4) is 5.75 Å². The van der Waals surface area contributed by atoms with Gasteiger partial charge >= 0.3 is 0 Å². The van der Waals surface area contributed by atoms with Crippen LogP contribution in [0.3, 0.4) is 0 Å². The molecule has 0 heterocycles. The molecule has 0 radical (unpaired) electrons. The summed E-state index contributed by atoms with van der Waals surface area (Å²) in [5.74, 6) is 1.94. The molecule has 0 unspecified atom stereocenters. The number of guanidine groups is 1. The number of nitrogens with one attached hydrogen (secondary N) is 3. The van der Waals surface area contributed by atoms with Gasteiger partial charge in [0.05, 0.1) is 11.9 Å². The molecule has 1 fully saturated rings. The molecule has 0 saturated heterocycles. The average Bonchev–Trinajstić information content (AvgIpc) is 2.57. The van der Waals surface area contributed by atoms with E-state index in [2.05, 4.69) is 20.3 Å². The van der Waals surface area contributed by atoms with E-state index in [1.54, 1.807) is 7.05 Å². The summed E-state index contributed by atoms with van der Waals surface area (Å²) in [5, 5.41) is 6.28. The highest BCUT2D eigenvalue weighted by atomic mass is 127. The molecule has 29 heavy (non-hydrogen) atoms. The first-order valence-electron chi connectivity index (χ1n) is 9.97. The molecule has 7 nitrogen and oxygen atoms in total. The Morgan fingerprint density at radius 3 is 2.59 bits per heavy atom. The molecule has 0 bridgehead atoms. The Morgan fingerprint density at radius 1 is 1.28 bits per heavy atom. The molecule has 0 aliphatic heterocycles. The molecule has 1 aromatic rings. The number of hydrogen-bond donors (Lipinski definition) is 3. The summed E-state index contributed by atoms with van der Waals surface area (Å²) in [7, 11) is -1.60. The third kappa shape index (κ3) is 9.52. The van der Waals surface area contributed by atoms with Gasteiger partial charge < -0.3 is 15.4 Å². The molecule has 0 amide bonds. The highest BCUT2D eigenvalue weighted by molar-refractivity contribution is 14.0. The first-order valence-corrected chi connectivity index (χ1v) is 11.6. The largest absolute Gasteiger partial charge is 0.491 e. The lowest BCUT2D eigenvalue weighted by Crippen LogP contribution is -2.41. The Hall–Kier alpha value is -1.07. The Kier molecular flexibility index (Phi) is 11.3. The van der Waals surface area contributed by atoms with Crippen LogP contribution in [0.5, 0.6) is 5.75 Å². The molecule has 3 N–H and O–H groups in total. The maximum Gasteiger partial charge on any atom is 0.213 e. The number of aryl methyl sites for hydroxylation is 1. The van der Waals surface area contributed by atoms with Crippen molar-refractivity contribution in [2.75, 3.05) is 25.9 Å². The number of sulfonamides is 1. The van der Waals surface area contributed by atoms with E-state index in [4.69, 9.17) is 4.74 Å². The minimum absolute atomic E-state index is 0. The van der Waals surface area contributed by atoms with Crippen LogP contribution in [0.25, 0.3) is 0 Å². The SMILES string of the molecule is CN=C(NCCS(=O)(=O)NCC1CCC1)NCc1ccc(C)cc1OC(C)C.I. The highest BCUT2D eigenvalue weighted by Gasteiger charge is 2.20. The fraction of sp³-hybridized carbons (Fsp3) is 0.650. The monoisotopic (exact) mass is 538 g/mol. The van der Waals surface area contributed by atoms with Crippen LogP contribution < -0.4 is 20.1 Å². The number of benzene rings is 1. The maximum absolute atomic E-state index is 12.1. The first-order chi connectivity index (χ1) is 13.3. The molecular formula is C20H35IN4O3S. The van der Waals surface area contributed by atoms with Gasteiger partial charge in [0, 0.05) is 32.2 Å². The number of rotatable bonds is 10. The number of hydrogen-bond acceptors (Lipinski definition) is 4. The minimum Gasteiger partial charge on any atom is -0.491 e. The molecule has 1 aliphatic carbocycles. The van der Waals surface area contributed by atoms with Crippen LogP contribution in [0.15, 0.2) is 23.2 Å². The van der Waals surface area contributed by atoms with Gasteiger partial charge in [-0.3, -0.25) is 4.99 Å². The summed E-state index contributed by atoms with van der Waals surface area (Å²) in [6, 6.07) is 6.09. The Balaban J connectivity index is 0.00000420. The molecule has 0 atom stereocenters. The van der Waals surface area contributed by atoms with Crippen molar-refractivity contribution in [2.45, 2.75) is 52.7 Å². The molecule has 1 aromatic carbocycles. The molecule has 0 aromatic heterocycles. The van der Waals surface area contributed by atoms with Crippen LogP contribution in [0.4, 0.5) is 0 Å². The summed E-state index contributed by atoms with van der Waals surface area (Å²) in [4.78, 5) is 4.17. The fourth-order valence-corrected chi connectivity index (χ4v) is 3.89. The molecular weight excluding hydrogens is 503 g/mol. The zero-order chi connectivity index (χ0) is 20.6. The van der Waals surface area contributed by atoms with E-state index in [1.807, 2.05) is 39.0 Å². The van der Waals surface area contributed by atoms with Crippen molar-refractivity contribution in [2.24, 2.45) is 10.9 Å². The first kappa shape index (κ1) is 26.0. The quantitative estimate of drug-likeness (QED) is 0.242. The number of halogens is 1. The van der Waals surface area contributed by atoms with Gasteiger partial charge in [-0.05, 0) is 51.2 Å². The van der Waals surface area contributed by atoms with Crippen molar-refractivity contribution in [1.82, 2.24) is 15.4 Å². The van der Waals surface area contributed by atoms with E-state index < -0.39 is 10.0 Å². The summed E-state index contributed by atoms with van der Waals surface area (Å²) in [6.45, 7) is 7.42. The Morgan fingerprint density at radius 2 is 2.00 bits per heavy atom. The summed E-state index contributed by atoms with van der Waals surface area (Å²) >= 11 is 0. The molecule has 2 rings (SSSR count). The lowest BCUT2D eigenvalue weighted by Gasteiger charge is -2.25. The average molecular weight is 538 g/mol. The van der Waals surface area contributed by atoms with E-state index in [1.165, 1.54) is 6.42 Å². The van der Waals surface area contributed by atoms with E-state index in [9.17, 15) is 8.42 Å². The Labute approximate surface area is 192 Å². The third-order valence-corrected chi connectivity index (χ3v) is 6.08. The topological polar surface area (TPSA) is 91.8 Å². The molecule has 0 spiro atoms. The van der Waals surface area contributed by atoms with Gasteiger partial charge in [-0.15, -0.1) is 24.0 Å². The smallest absolute Gasteiger partial charge is 0.213 e. The molecule has 166 valence electrons. The molecule has 1 aliphatic rings. The van der Waals surface area contributed by atoms with Gasteiger partial charge in [0.25, 0.3) is 0 Å². The van der Waals surface area contributed by atoms with E-state index >= 15 is 0 Å². The number of nitrogens with zero attached hydrogens (tertiary/aromatic N) is 1. The number of ether oxygens (including phenoxy) is 1. The van der Waals surface area contributed by atoms with Gasteiger partial charge in [-0.1, -0.05) is 18.6 Å². The minimum atomic E-state index is -3.26. The van der Waals surface area contributed by atoms with Crippen molar-refractivity contribution in [3.63, 3.8) is 0 Å². The van der Waals surface area contributed by atoms with Crippen molar-refractivity contribution >= 4 is 40.0 Å². The van der Waals surface area contributed by atoms with Gasteiger partial charge in [0.1, 0.15) is 5.75 Å². The summed E-state index contributed by atoms with van der Waals surface area (Å²) in [5.41, 5.74) is 2.17. The second-order valence-corrected chi connectivity index (χ2v) is 9.52. The van der Waals surface area contributed by atoms with Gasteiger partial charge in [0.2, 0.25) is 10.0 Å². The van der Waals surface area contributed by atoms with Gasteiger partial charge in [-0.25, -0.2) is 13.1 Å². The Bertz CT molecular complexity index is 765. The third-order valence-electron chi connectivity index (χ3n) is 4.74. The summed E-state index contributed by atoms with van der Waals surface area (Å²) < 4.78 is 32.7. The predicted octanol–water partition coefficient (Wildman–Crippen LogP) is 2.78. The highest BCUT2D eigenvalue weighted by Crippen LogP contribution is 2.25. The zero-order valence-electron chi connectivity index (χ0n) is 17.8. The van der Waals surface area contributed by atoms with Crippen LogP contribution in [-0.2, 0) is 16.6 Å². The standard InChI is InChI=1S/C20H34N4O3S.HI/c1-15(2)27-19-12-16(3)8-9-18(19)14-23-20(21-4)22-10-11-28(25,26)24-13-17-6-5-7-17;/h8-9,12,15,17,24H,5-7,10-11,13-14H2,1-4H3,(H2,21,22,23);1H. The zero-order valence-corrected chi connectivity index (χ0v) is 21.0. The second-order valence-electron chi connectivity index (χ2n) is 7.59.